The molecule has 0 saturated heterocycles. The van der Waals surface area contributed by atoms with Crippen molar-refractivity contribution >= 4 is 28.9 Å². The molecule has 0 aliphatic rings. The van der Waals surface area contributed by atoms with Crippen molar-refractivity contribution in [3.8, 4) is 0 Å². The number of unbranched alkanes of at least 4 members (excludes halogenated alkanes) is 2. The van der Waals surface area contributed by atoms with Crippen LogP contribution in [-0.4, -0.2) is 16.2 Å². The van der Waals surface area contributed by atoms with Crippen molar-refractivity contribution in [1.82, 2.24) is 0 Å². The summed E-state index contributed by atoms with van der Waals surface area (Å²) in [4.78, 5) is 0. The van der Waals surface area contributed by atoms with E-state index < -0.39 is 16.2 Å². The predicted molar refractivity (Wildman–Crippen MR) is 69.2 cm³/mol. The normalized spacial score (nSPS) is 12.0. The maximum absolute atomic E-state index is 4.16. The quantitative estimate of drug-likeness (QED) is 0.516. The van der Waals surface area contributed by atoms with Gasteiger partial charge < -0.3 is 0 Å². The molecular weight excluding hydrogens is 331 g/mol. The van der Waals surface area contributed by atoms with Gasteiger partial charge in [-0.25, -0.2) is 0 Å². The summed E-state index contributed by atoms with van der Waals surface area (Å²) in [7, 11) is 0. The monoisotopic (exact) mass is 356 g/mol. The van der Waals surface area contributed by atoms with E-state index in [0.29, 0.717) is 0 Å². The summed E-state index contributed by atoms with van der Waals surface area (Å²) in [6.45, 7) is 6.96. The van der Waals surface area contributed by atoms with Crippen molar-refractivity contribution in [2.75, 3.05) is 0 Å². The molecule has 0 spiro atoms. The topological polar surface area (TPSA) is 0 Å². The van der Waals surface area contributed by atoms with Crippen LogP contribution < -0.4 is 0 Å². The van der Waals surface area contributed by atoms with Gasteiger partial charge in [0, 0.05) is 0 Å². The standard InChI is InChI=1S/2C4H9.C3H7.BrH.Sn/c2*1-3-4-2;1-3-2;;/h2*1,3-4H2,2H3;1,3H2,2H3;1H;/q;;;;+1/p-1. The fourth-order valence-corrected chi connectivity index (χ4v) is 18.6. The Balaban J connectivity index is 3.84. The zero-order chi connectivity index (χ0) is 10.2. The molecule has 0 aliphatic carbocycles. The molecule has 0 amide bonds. The van der Waals surface area contributed by atoms with Gasteiger partial charge in [0.1, 0.15) is 0 Å². The Bertz CT molecular complexity index is 107. The fourth-order valence-electron chi connectivity index (χ4n) is 1.81. The van der Waals surface area contributed by atoms with E-state index in [0.717, 1.165) is 0 Å². The van der Waals surface area contributed by atoms with Crippen LogP contribution in [-0.2, 0) is 0 Å². The van der Waals surface area contributed by atoms with Crippen molar-refractivity contribution in [2.24, 2.45) is 0 Å². The molecule has 0 aromatic heterocycles. The molecule has 0 aliphatic heterocycles. The SMILES string of the molecule is CCC[CH2][Sn]([Br])([CH2]CC)[CH2]CCC. The van der Waals surface area contributed by atoms with Crippen LogP contribution in [0.3, 0.4) is 0 Å². The average molecular weight is 356 g/mol. The van der Waals surface area contributed by atoms with Gasteiger partial charge in [0.05, 0.1) is 0 Å². The van der Waals surface area contributed by atoms with E-state index >= 15 is 0 Å². The van der Waals surface area contributed by atoms with Crippen LogP contribution in [0.4, 0.5) is 0 Å². The average Bonchev–Trinajstić information content (AvgIpc) is 2.12. The van der Waals surface area contributed by atoms with Gasteiger partial charge in [0.2, 0.25) is 0 Å². The summed E-state index contributed by atoms with van der Waals surface area (Å²) >= 11 is 2.44. The van der Waals surface area contributed by atoms with Gasteiger partial charge in [-0.3, -0.25) is 0 Å². The summed E-state index contributed by atoms with van der Waals surface area (Å²) in [5.41, 5.74) is 0. The molecule has 13 heavy (non-hydrogen) atoms. The third kappa shape index (κ3) is 7.24. The molecule has 0 aromatic rings. The second kappa shape index (κ2) is 8.58. The first-order valence-electron chi connectivity index (χ1n) is 5.87. The van der Waals surface area contributed by atoms with Crippen molar-refractivity contribution in [2.45, 2.75) is 66.2 Å². The van der Waals surface area contributed by atoms with Crippen molar-refractivity contribution in [3.63, 3.8) is 0 Å². The molecule has 2 heteroatoms. The van der Waals surface area contributed by atoms with Crippen LogP contribution in [0.25, 0.3) is 0 Å². The van der Waals surface area contributed by atoms with Crippen molar-refractivity contribution in [1.29, 1.82) is 0 Å². The Morgan fingerprint density at radius 1 is 0.769 bits per heavy atom. The summed E-state index contributed by atoms with van der Waals surface area (Å²) < 4.78 is 4.69. The van der Waals surface area contributed by atoms with E-state index in [1.807, 2.05) is 0 Å². The van der Waals surface area contributed by atoms with Crippen molar-refractivity contribution < 1.29 is 0 Å². The van der Waals surface area contributed by atoms with Gasteiger partial charge in [0.15, 0.2) is 0 Å². The first kappa shape index (κ1) is 14.3. The minimum absolute atomic E-state index is 1.38. The molecule has 0 saturated carbocycles. The molecule has 0 unspecified atom stereocenters. The molecule has 0 radical (unpaired) electrons. The molecule has 0 atom stereocenters. The molecule has 0 aromatic carbocycles. The predicted octanol–water partition coefficient (Wildman–Crippen LogP) is 5.34. The zero-order valence-corrected chi connectivity index (χ0v) is 14.0. The summed E-state index contributed by atoms with van der Waals surface area (Å²) in [5.74, 6) is 0. The Morgan fingerprint density at radius 3 is 1.54 bits per heavy atom. The Hall–Kier alpha value is 1.28. The Kier molecular flexibility index (Phi) is 9.42. The Labute approximate surface area is 94.5 Å². The van der Waals surface area contributed by atoms with Gasteiger partial charge in [-0.05, 0) is 0 Å². The fraction of sp³-hybridized carbons (Fsp3) is 1.00. The molecular formula is C11H25BrSn. The Morgan fingerprint density at radius 2 is 1.23 bits per heavy atom. The van der Waals surface area contributed by atoms with E-state index in [4.69, 9.17) is 0 Å². The number of hydrogen-bond donors (Lipinski definition) is 0. The van der Waals surface area contributed by atoms with Gasteiger partial charge in [-0.2, -0.15) is 0 Å². The molecule has 0 rings (SSSR count). The van der Waals surface area contributed by atoms with E-state index in [2.05, 4.69) is 33.5 Å². The van der Waals surface area contributed by atoms with E-state index in [9.17, 15) is 0 Å². The van der Waals surface area contributed by atoms with Crippen LogP contribution in [0.5, 0.6) is 0 Å². The third-order valence-corrected chi connectivity index (χ3v) is 21.8. The first-order chi connectivity index (χ1) is 6.18. The van der Waals surface area contributed by atoms with Crippen LogP contribution in [0, 0.1) is 0 Å². The molecule has 0 heterocycles. The van der Waals surface area contributed by atoms with Gasteiger partial charge in [-0.15, -0.1) is 0 Å². The third-order valence-electron chi connectivity index (χ3n) is 2.65. The second-order valence-electron chi connectivity index (χ2n) is 4.11. The number of rotatable bonds is 8. The van der Waals surface area contributed by atoms with Crippen LogP contribution in [0.2, 0.25) is 13.3 Å². The van der Waals surface area contributed by atoms with E-state index in [1.54, 1.807) is 13.3 Å². The van der Waals surface area contributed by atoms with Gasteiger partial charge in [-0.1, -0.05) is 0 Å². The van der Waals surface area contributed by atoms with Gasteiger partial charge in [0.25, 0.3) is 0 Å². The van der Waals surface area contributed by atoms with Gasteiger partial charge >= 0.3 is 95.0 Å². The summed E-state index contributed by atoms with van der Waals surface area (Å²) in [5, 5.41) is 0. The van der Waals surface area contributed by atoms with Crippen LogP contribution >= 0.6 is 12.7 Å². The molecule has 0 fully saturated rings. The zero-order valence-electron chi connectivity index (χ0n) is 9.53. The van der Waals surface area contributed by atoms with Crippen molar-refractivity contribution in [3.05, 3.63) is 0 Å². The first-order valence-corrected chi connectivity index (χ1v) is 18.3. The summed E-state index contributed by atoms with van der Waals surface area (Å²) in [6, 6.07) is 0. The van der Waals surface area contributed by atoms with E-state index in [-0.39, 0.29) is 0 Å². The molecule has 0 N–H and O–H groups in total. The maximum atomic E-state index is 4.16. The molecule has 0 bridgehead atoms. The summed E-state index contributed by atoms with van der Waals surface area (Å²) in [6.07, 6.45) is 7.07. The van der Waals surface area contributed by atoms with E-state index in [1.165, 1.54) is 32.1 Å². The van der Waals surface area contributed by atoms with Crippen LogP contribution in [0.15, 0.2) is 0 Å². The molecule has 0 nitrogen and oxygen atoms in total. The molecule has 80 valence electrons. The van der Waals surface area contributed by atoms with Crippen LogP contribution in [0.1, 0.15) is 52.9 Å². The second-order valence-corrected chi connectivity index (χ2v) is 26.2. The number of halogens is 1. The minimum atomic E-state index is -1.72. The number of hydrogen-bond acceptors (Lipinski definition) is 0.